The van der Waals surface area contributed by atoms with Crippen molar-refractivity contribution in [1.82, 2.24) is 15.0 Å². The predicted molar refractivity (Wildman–Crippen MR) is 78.2 cm³/mol. The van der Waals surface area contributed by atoms with Gasteiger partial charge in [0.25, 0.3) is 0 Å². The van der Waals surface area contributed by atoms with Crippen LogP contribution in [0.4, 0.5) is 5.95 Å². The van der Waals surface area contributed by atoms with Crippen LogP contribution in [0.25, 0.3) is 0 Å². The molecule has 0 fully saturated rings. The van der Waals surface area contributed by atoms with E-state index in [1.807, 2.05) is 12.1 Å². The van der Waals surface area contributed by atoms with Gasteiger partial charge in [-0.05, 0) is 29.3 Å². The van der Waals surface area contributed by atoms with Crippen molar-refractivity contribution in [3.63, 3.8) is 0 Å². The molecule has 20 heavy (non-hydrogen) atoms. The molecule has 0 aliphatic heterocycles. The van der Waals surface area contributed by atoms with Crippen LogP contribution in [0.5, 0.6) is 6.01 Å². The Morgan fingerprint density at radius 1 is 1.10 bits per heavy atom. The molecule has 2 rings (SSSR count). The lowest BCUT2D eigenvalue weighted by Crippen LogP contribution is -2.15. The molecule has 0 unspecified atom stereocenters. The molecule has 0 spiro atoms. The fraction of sp³-hybridized carbons (Fsp3) is 0.250. The normalized spacial score (nSPS) is 10.3. The number of nitrogens with two attached hydrogens (primary N) is 1. The van der Waals surface area contributed by atoms with E-state index in [-0.39, 0.29) is 11.3 Å². The largest absolute Gasteiger partial charge is 0.458 e. The number of benzene rings is 1. The van der Waals surface area contributed by atoms with Crippen LogP contribution < -0.4 is 15.8 Å². The molecule has 3 N–H and O–H groups in total. The van der Waals surface area contributed by atoms with Gasteiger partial charge in [-0.2, -0.15) is 15.0 Å². The van der Waals surface area contributed by atoms with Gasteiger partial charge in [0.15, 0.2) is 0 Å². The van der Waals surface area contributed by atoms with Crippen molar-refractivity contribution >= 4 is 29.2 Å². The number of halogens is 2. The van der Waals surface area contributed by atoms with Gasteiger partial charge in [0.1, 0.15) is 6.61 Å². The molecule has 1 heterocycles. The standard InChI is InChI=1S/C12H13Cl2N5O/c13-9-3-1-8(2-4-9)7-20-12-18-10(14)17-11(19-12)16-6-5-15/h1-4H,5-7,15H2,(H,16,17,18,19). The molecular weight excluding hydrogens is 301 g/mol. The van der Waals surface area contributed by atoms with Crippen LogP contribution in [-0.2, 0) is 6.61 Å². The molecule has 1 aromatic carbocycles. The van der Waals surface area contributed by atoms with Crippen molar-refractivity contribution < 1.29 is 4.74 Å². The molecule has 1 aromatic heterocycles. The topological polar surface area (TPSA) is 86.0 Å². The van der Waals surface area contributed by atoms with Crippen LogP contribution in [0, 0.1) is 0 Å². The zero-order valence-electron chi connectivity index (χ0n) is 10.5. The van der Waals surface area contributed by atoms with Gasteiger partial charge in [0.05, 0.1) is 0 Å². The average molecular weight is 314 g/mol. The van der Waals surface area contributed by atoms with E-state index in [9.17, 15) is 0 Å². The van der Waals surface area contributed by atoms with Crippen LogP contribution in [0.15, 0.2) is 24.3 Å². The van der Waals surface area contributed by atoms with Gasteiger partial charge in [-0.15, -0.1) is 0 Å². The number of ether oxygens (including phenoxy) is 1. The number of anilines is 1. The van der Waals surface area contributed by atoms with Crippen molar-refractivity contribution in [2.24, 2.45) is 5.73 Å². The molecule has 0 amide bonds. The van der Waals surface area contributed by atoms with E-state index in [1.165, 1.54) is 0 Å². The molecular formula is C12H13Cl2N5O. The van der Waals surface area contributed by atoms with E-state index in [2.05, 4.69) is 20.3 Å². The summed E-state index contributed by atoms with van der Waals surface area (Å²) >= 11 is 11.6. The Morgan fingerprint density at radius 2 is 1.85 bits per heavy atom. The van der Waals surface area contributed by atoms with Crippen LogP contribution >= 0.6 is 23.2 Å². The Kier molecular flexibility index (Phi) is 5.34. The van der Waals surface area contributed by atoms with Crippen LogP contribution in [0.3, 0.4) is 0 Å². The Bertz CT molecular complexity index is 564. The fourth-order valence-electron chi connectivity index (χ4n) is 1.39. The summed E-state index contributed by atoms with van der Waals surface area (Å²) in [7, 11) is 0. The van der Waals surface area contributed by atoms with Gasteiger partial charge >= 0.3 is 6.01 Å². The number of rotatable bonds is 6. The monoisotopic (exact) mass is 313 g/mol. The second-order valence-electron chi connectivity index (χ2n) is 3.84. The summed E-state index contributed by atoms with van der Waals surface area (Å²) in [6, 6.07) is 7.45. The van der Waals surface area contributed by atoms with Gasteiger partial charge in [-0.1, -0.05) is 23.7 Å². The van der Waals surface area contributed by atoms with Crippen molar-refractivity contribution in [1.29, 1.82) is 0 Å². The van der Waals surface area contributed by atoms with Gasteiger partial charge in [0, 0.05) is 18.1 Å². The maximum Gasteiger partial charge on any atom is 0.322 e. The third-order valence-electron chi connectivity index (χ3n) is 2.30. The number of nitrogens with one attached hydrogen (secondary N) is 1. The molecule has 0 atom stereocenters. The van der Waals surface area contributed by atoms with E-state index < -0.39 is 0 Å². The number of aromatic nitrogens is 3. The second kappa shape index (κ2) is 7.23. The van der Waals surface area contributed by atoms with Crippen LogP contribution in [0.2, 0.25) is 10.3 Å². The molecule has 0 aliphatic rings. The number of hydrogen-bond acceptors (Lipinski definition) is 6. The summed E-state index contributed by atoms with van der Waals surface area (Å²) in [5.41, 5.74) is 6.34. The van der Waals surface area contributed by atoms with E-state index in [0.717, 1.165) is 5.56 Å². The van der Waals surface area contributed by atoms with Crippen LogP contribution in [0.1, 0.15) is 5.56 Å². The zero-order chi connectivity index (χ0) is 14.4. The van der Waals surface area contributed by atoms with Gasteiger partial charge in [-0.3, -0.25) is 0 Å². The highest BCUT2D eigenvalue weighted by molar-refractivity contribution is 6.30. The van der Waals surface area contributed by atoms with Crippen molar-refractivity contribution in [2.45, 2.75) is 6.61 Å². The zero-order valence-corrected chi connectivity index (χ0v) is 12.0. The first-order valence-corrected chi connectivity index (χ1v) is 6.66. The minimum atomic E-state index is 0.0608. The quantitative estimate of drug-likeness (QED) is 0.849. The van der Waals surface area contributed by atoms with Crippen molar-refractivity contribution in [3.05, 3.63) is 40.1 Å². The summed E-state index contributed by atoms with van der Waals surface area (Å²) < 4.78 is 5.47. The molecule has 0 radical (unpaired) electrons. The van der Waals surface area contributed by atoms with Crippen molar-refractivity contribution in [2.75, 3.05) is 18.4 Å². The first-order valence-electron chi connectivity index (χ1n) is 5.90. The lowest BCUT2D eigenvalue weighted by molar-refractivity contribution is 0.280. The number of hydrogen-bond donors (Lipinski definition) is 2. The summed E-state index contributed by atoms with van der Waals surface area (Å²) in [5.74, 6) is 0.335. The van der Waals surface area contributed by atoms with Crippen molar-refractivity contribution in [3.8, 4) is 6.01 Å². The van der Waals surface area contributed by atoms with E-state index in [1.54, 1.807) is 12.1 Å². The summed E-state index contributed by atoms with van der Waals surface area (Å²) in [5, 5.41) is 3.64. The fourth-order valence-corrected chi connectivity index (χ4v) is 1.67. The molecule has 106 valence electrons. The highest BCUT2D eigenvalue weighted by Gasteiger charge is 2.06. The third-order valence-corrected chi connectivity index (χ3v) is 2.72. The SMILES string of the molecule is NCCNc1nc(Cl)nc(OCc2ccc(Cl)cc2)n1. The minimum absolute atomic E-state index is 0.0608. The Morgan fingerprint density at radius 3 is 2.55 bits per heavy atom. The smallest absolute Gasteiger partial charge is 0.322 e. The molecule has 8 heteroatoms. The lowest BCUT2D eigenvalue weighted by atomic mass is 10.2. The highest BCUT2D eigenvalue weighted by Crippen LogP contribution is 2.14. The van der Waals surface area contributed by atoms with E-state index >= 15 is 0 Å². The van der Waals surface area contributed by atoms with E-state index in [0.29, 0.717) is 30.7 Å². The Labute approximate surface area is 126 Å². The lowest BCUT2D eigenvalue weighted by Gasteiger charge is -2.07. The molecule has 0 saturated heterocycles. The summed E-state index contributed by atoms with van der Waals surface area (Å²) in [6.07, 6.45) is 0. The average Bonchev–Trinajstić information content (AvgIpc) is 2.44. The predicted octanol–water partition coefficient (Wildman–Crippen LogP) is 2.13. The van der Waals surface area contributed by atoms with Gasteiger partial charge < -0.3 is 15.8 Å². The number of nitrogens with zero attached hydrogens (tertiary/aromatic N) is 3. The van der Waals surface area contributed by atoms with Gasteiger partial charge in [0.2, 0.25) is 11.2 Å². The summed E-state index contributed by atoms with van der Waals surface area (Å²) in [6.45, 7) is 1.31. The van der Waals surface area contributed by atoms with Gasteiger partial charge in [-0.25, -0.2) is 0 Å². The maximum absolute atomic E-state index is 5.81. The minimum Gasteiger partial charge on any atom is -0.458 e. The Hall–Kier alpha value is -1.63. The first kappa shape index (κ1) is 14.8. The van der Waals surface area contributed by atoms with Crippen LogP contribution in [-0.4, -0.2) is 28.0 Å². The molecule has 2 aromatic rings. The highest BCUT2D eigenvalue weighted by atomic mass is 35.5. The maximum atomic E-state index is 5.81. The first-order chi connectivity index (χ1) is 9.67. The third kappa shape index (κ3) is 4.48. The molecule has 0 saturated carbocycles. The van der Waals surface area contributed by atoms with E-state index in [4.69, 9.17) is 33.7 Å². The molecule has 6 nitrogen and oxygen atoms in total. The molecule has 0 aliphatic carbocycles. The second-order valence-corrected chi connectivity index (χ2v) is 4.62. The Balaban J connectivity index is 2.01. The summed E-state index contributed by atoms with van der Waals surface area (Å²) in [4.78, 5) is 11.9. The molecule has 0 bridgehead atoms.